The van der Waals surface area contributed by atoms with Gasteiger partial charge in [0, 0.05) is 17.8 Å². The highest BCUT2D eigenvalue weighted by Crippen LogP contribution is 2.28. The molecule has 3 heteroatoms. The summed E-state index contributed by atoms with van der Waals surface area (Å²) in [4.78, 5) is 13.2. The molecule has 2 aromatic rings. The lowest BCUT2D eigenvalue weighted by atomic mass is 10.1. The number of carboxylic acids is 1. The molecule has 0 saturated heterocycles. The SMILES string of the molecule is O=C(O)c1ccc2c(c1)CCN2CC#Cc1ccccc1. The van der Waals surface area contributed by atoms with Crippen LogP contribution in [0.3, 0.4) is 0 Å². The van der Waals surface area contributed by atoms with Crippen LogP contribution in [-0.4, -0.2) is 24.2 Å². The van der Waals surface area contributed by atoms with Gasteiger partial charge in [0.15, 0.2) is 0 Å². The molecule has 0 saturated carbocycles. The zero-order valence-electron chi connectivity index (χ0n) is 11.5. The number of carboxylic acid groups (broad SMARTS) is 1. The van der Waals surface area contributed by atoms with Gasteiger partial charge in [-0.15, -0.1) is 0 Å². The first kappa shape index (κ1) is 13.3. The standard InChI is InChI=1S/C18H15NO2/c20-18(21)16-8-9-17-15(13-16)10-12-19(17)11-4-7-14-5-2-1-3-6-14/h1-3,5-6,8-9,13H,10-12H2,(H,20,21). The Morgan fingerprint density at radius 2 is 2.00 bits per heavy atom. The van der Waals surface area contributed by atoms with Crippen molar-refractivity contribution in [3.05, 3.63) is 65.2 Å². The van der Waals surface area contributed by atoms with Crippen LogP contribution in [0.4, 0.5) is 5.69 Å². The van der Waals surface area contributed by atoms with Crippen molar-refractivity contribution < 1.29 is 9.90 Å². The lowest BCUT2D eigenvalue weighted by Crippen LogP contribution is -2.20. The predicted octanol–water partition coefficient (Wildman–Crippen LogP) is 2.80. The topological polar surface area (TPSA) is 40.5 Å². The van der Waals surface area contributed by atoms with Crippen LogP contribution in [0.15, 0.2) is 48.5 Å². The molecule has 0 fully saturated rings. The third-order valence-corrected chi connectivity index (χ3v) is 3.59. The number of anilines is 1. The van der Waals surface area contributed by atoms with Gasteiger partial charge in [-0.3, -0.25) is 0 Å². The molecule has 0 unspecified atom stereocenters. The van der Waals surface area contributed by atoms with Crippen LogP contribution in [0.5, 0.6) is 0 Å². The average Bonchev–Trinajstić information content (AvgIpc) is 2.91. The number of benzene rings is 2. The summed E-state index contributed by atoms with van der Waals surface area (Å²) in [7, 11) is 0. The summed E-state index contributed by atoms with van der Waals surface area (Å²) in [6.45, 7) is 1.55. The Morgan fingerprint density at radius 3 is 2.76 bits per heavy atom. The Balaban J connectivity index is 1.74. The third kappa shape index (κ3) is 2.90. The third-order valence-electron chi connectivity index (χ3n) is 3.59. The van der Waals surface area contributed by atoms with Gasteiger partial charge in [0.1, 0.15) is 0 Å². The van der Waals surface area contributed by atoms with Crippen molar-refractivity contribution in [2.24, 2.45) is 0 Å². The highest BCUT2D eigenvalue weighted by atomic mass is 16.4. The Hall–Kier alpha value is -2.73. The van der Waals surface area contributed by atoms with E-state index in [0.717, 1.165) is 29.8 Å². The first-order valence-electron chi connectivity index (χ1n) is 6.89. The monoisotopic (exact) mass is 277 g/mol. The molecule has 1 heterocycles. The largest absolute Gasteiger partial charge is 0.478 e. The molecule has 0 atom stereocenters. The van der Waals surface area contributed by atoms with Crippen LogP contribution in [0.1, 0.15) is 21.5 Å². The highest BCUT2D eigenvalue weighted by Gasteiger charge is 2.19. The van der Waals surface area contributed by atoms with Gasteiger partial charge in [0.2, 0.25) is 0 Å². The van der Waals surface area contributed by atoms with E-state index in [0.29, 0.717) is 12.1 Å². The van der Waals surface area contributed by atoms with E-state index >= 15 is 0 Å². The summed E-state index contributed by atoms with van der Waals surface area (Å²) in [5.74, 6) is 5.45. The average molecular weight is 277 g/mol. The molecule has 21 heavy (non-hydrogen) atoms. The summed E-state index contributed by atoms with van der Waals surface area (Å²) in [5.41, 5.74) is 3.56. The predicted molar refractivity (Wildman–Crippen MR) is 82.6 cm³/mol. The molecule has 3 rings (SSSR count). The van der Waals surface area contributed by atoms with Crippen LogP contribution in [0.2, 0.25) is 0 Å². The van der Waals surface area contributed by atoms with E-state index in [4.69, 9.17) is 5.11 Å². The van der Waals surface area contributed by atoms with E-state index in [1.165, 1.54) is 0 Å². The zero-order chi connectivity index (χ0) is 14.7. The molecule has 104 valence electrons. The van der Waals surface area contributed by atoms with E-state index in [-0.39, 0.29) is 0 Å². The van der Waals surface area contributed by atoms with Gasteiger partial charge in [0.25, 0.3) is 0 Å². The Bertz CT molecular complexity index is 726. The van der Waals surface area contributed by atoms with Crippen LogP contribution in [-0.2, 0) is 6.42 Å². The minimum absolute atomic E-state index is 0.353. The van der Waals surface area contributed by atoms with E-state index in [1.807, 2.05) is 36.4 Å². The molecule has 3 nitrogen and oxygen atoms in total. The van der Waals surface area contributed by atoms with Crippen molar-refractivity contribution in [3.63, 3.8) is 0 Å². The van der Waals surface area contributed by atoms with E-state index in [2.05, 4.69) is 16.7 Å². The fourth-order valence-electron chi connectivity index (χ4n) is 2.53. The maximum atomic E-state index is 11.0. The molecule has 1 aliphatic heterocycles. The number of hydrogen-bond acceptors (Lipinski definition) is 2. The molecule has 0 aliphatic carbocycles. The molecule has 1 aliphatic rings. The molecule has 0 amide bonds. The Morgan fingerprint density at radius 1 is 1.19 bits per heavy atom. The van der Waals surface area contributed by atoms with Gasteiger partial charge in [-0.2, -0.15) is 0 Å². The van der Waals surface area contributed by atoms with Crippen molar-refractivity contribution in [1.82, 2.24) is 0 Å². The number of fused-ring (bicyclic) bond motifs is 1. The van der Waals surface area contributed by atoms with Gasteiger partial charge in [-0.05, 0) is 42.3 Å². The smallest absolute Gasteiger partial charge is 0.335 e. The fourth-order valence-corrected chi connectivity index (χ4v) is 2.53. The van der Waals surface area contributed by atoms with Gasteiger partial charge >= 0.3 is 5.97 Å². The maximum Gasteiger partial charge on any atom is 0.335 e. The molecule has 2 aromatic carbocycles. The van der Waals surface area contributed by atoms with E-state index in [1.54, 1.807) is 12.1 Å². The molecular formula is C18H15NO2. The molecule has 1 N–H and O–H groups in total. The highest BCUT2D eigenvalue weighted by molar-refractivity contribution is 5.88. The lowest BCUT2D eigenvalue weighted by Gasteiger charge is -2.15. The second-order valence-corrected chi connectivity index (χ2v) is 4.99. The lowest BCUT2D eigenvalue weighted by molar-refractivity contribution is 0.0697. The van der Waals surface area contributed by atoms with Crippen LogP contribution in [0, 0.1) is 11.8 Å². The van der Waals surface area contributed by atoms with Crippen molar-refractivity contribution in [1.29, 1.82) is 0 Å². The summed E-state index contributed by atoms with van der Waals surface area (Å²) < 4.78 is 0. The van der Waals surface area contributed by atoms with Gasteiger partial charge in [0.05, 0.1) is 12.1 Å². The Labute approximate surface area is 123 Å². The molecule has 0 radical (unpaired) electrons. The second-order valence-electron chi connectivity index (χ2n) is 4.99. The van der Waals surface area contributed by atoms with Crippen LogP contribution >= 0.6 is 0 Å². The molecule has 0 spiro atoms. The summed E-state index contributed by atoms with van der Waals surface area (Å²) in [6, 6.07) is 15.2. The first-order valence-corrected chi connectivity index (χ1v) is 6.89. The van der Waals surface area contributed by atoms with Crippen molar-refractivity contribution in [3.8, 4) is 11.8 Å². The van der Waals surface area contributed by atoms with Crippen molar-refractivity contribution in [2.45, 2.75) is 6.42 Å². The summed E-state index contributed by atoms with van der Waals surface area (Å²) >= 11 is 0. The molecule has 0 aromatic heterocycles. The first-order chi connectivity index (χ1) is 10.2. The van der Waals surface area contributed by atoms with E-state index < -0.39 is 5.97 Å². The number of aromatic carboxylic acids is 1. The van der Waals surface area contributed by atoms with Crippen LogP contribution < -0.4 is 4.90 Å². The van der Waals surface area contributed by atoms with Gasteiger partial charge in [-0.25, -0.2) is 4.79 Å². The van der Waals surface area contributed by atoms with E-state index in [9.17, 15) is 4.79 Å². The summed E-state index contributed by atoms with van der Waals surface area (Å²) in [6.07, 6.45) is 0.878. The quantitative estimate of drug-likeness (QED) is 0.858. The normalized spacial score (nSPS) is 12.5. The van der Waals surface area contributed by atoms with Crippen LogP contribution in [0.25, 0.3) is 0 Å². The fraction of sp³-hybridized carbons (Fsp3) is 0.167. The van der Waals surface area contributed by atoms with Crippen molar-refractivity contribution in [2.75, 3.05) is 18.0 Å². The summed E-state index contributed by atoms with van der Waals surface area (Å²) in [5, 5.41) is 9.01. The second kappa shape index (κ2) is 5.72. The number of rotatable bonds is 2. The minimum Gasteiger partial charge on any atom is -0.478 e. The number of hydrogen-bond donors (Lipinski definition) is 1. The Kier molecular flexibility index (Phi) is 3.61. The maximum absolute atomic E-state index is 11.0. The molecule has 0 bridgehead atoms. The minimum atomic E-state index is -0.875. The zero-order valence-corrected chi connectivity index (χ0v) is 11.5. The van der Waals surface area contributed by atoms with Crippen molar-refractivity contribution >= 4 is 11.7 Å². The van der Waals surface area contributed by atoms with Gasteiger partial charge < -0.3 is 10.0 Å². The number of nitrogens with zero attached hydrogens (tertiary/aromatic N) is 1. The van der Waals surface area contributed by atoms with Gasteiger partial charge in [-0.1, -0.05) is 30.0 Å². The number of carbonyl (C=O) groups is 1. The molecular weight excluding hydrogens is 262 g/mol.